The molecule has 7 nitrogen and oxygen atoms in total. The number of rotatable bonds is 7. The number of piperidine rings is 1. The van der Waals surface area contributed by atoms with Crippen molar-refractivity contribution in [2.75, 3.05) is 19.7 Å². The first-order valence-corrected chi connectivity index (χ1v) is 10.5. The van der Waals surface area contributed by atoms with E-state index in [1.165, 1.54) is 0 Å². The Kier molecular flexibility index (Phi) is 5.93. The number of H-pyrrole nitrogens is 1. The van der Waals surface area contributed by atoms with E-state index in [0.717, 1.165) is 36.4 Å². The Hall–Kier alpha value is -1.93. The zero-order chi connectivity index (χ0) is 18.6. The van der Waals surface area contributed by atoms with Crippen molar-refractivity contribution in [3.63, 3.8) is 0 Å². The highest BCUT2D eigenvalue weighted by atomic mass is 32.2. The van der Waals surface area contributed by atoms with Crippen molar-refractivity contribution in [1.82, 2.24) is 19.5 Å². The summed E-state index contributed by atoms with van der Waals surface area (Å²) in [6.45, 7) is 5.33. The van der Waals surface area contributed by atoms with Crippen LogP contribution in [0.25, 0.3) is 11.4 Å². The molecule has 1 fully saturated rings. The zero-order valence-corrected chi connectivity index (χ0v) is 16.1. The molecule has 0 bridgehead atoms. The average molecular weight is 378 g/mol. The molecule has 26 heavy (non-hydrogen) atoms. The van der Waals surface area contributed by atoms with Crippen molar-refractivity contribution in [2.45, 2.75) is 38.4 Å². The van der Waals surface area contributed by atoms with Crippen LogP contribution < -0.4 is 4.74 Å². The number of ether oxygens (including phenoxy) is 1. The summed E-state index contributed by atoms with van der Waals surface area (Å²) < 4.78 is 31.8. The van der Waals surface area contributed by atoms with Crippen LogP contribution in [0, 0.1) is 5.92 Å². The molecule has 1 aliphatic rings. The molecule has 142 valence electrons. The minimum Gasteiger partial charge on any atom is -0.492 e. The molecule has 0 aromatic carbocycles. The van der Waals surface area contributed by atoms with Gasteiger partial charge in [0, 0.05) is 19.3 Å². The zero-order valence-electron chi connectivity index (χ0n) is 15.3. The Labute approximate surface area is 154 Å². The van der Waals surface area contributed by atoms with Gasteiger partial charge >= 0.3 is 0 Å². The molecule has 0 saturated carbocycles. The smallest absolute Gasteiger partial charge is 0.216 e. The predicted octanol–water partition coefficient (Wildman–Crippen LogP) is 2.69. The maximum absolute atomic E-state index is 12.2. The van der Waals surface area contributed by atoms with Crippen LogP contribution >= 0.6 is 0 Å². The molecule has 1 saturated heterocycles. The van der Waals surface area contributed by atoms with Crippen molar-refractivity contribution in [2.24, 2.45) is 5.92 Å². The molecule has 0 atom stereocenters. The van der Waals surface area contributed by atoms with E-state index in [0.29, 0.717) is 25.6 Å². The van der Waals surface area contributed by atoms with Crippen molar-refractivity contribution in [1.29, 1.82) is 0 Å². The van der Waals surface area contributed by atoms with Crippen molar-refractivity contribution in [3.8, 4) is 17.1 Å². The third-order valence-electron chi connectivity index (χ3n) is 4.84. The fraction of sp³-hybridized carbons (Fsp3) is 0.556. The van der Waals surface area contributed by atoms with Gasteiger partial charge < -0.3 is 4.74 Å². The minimum atomic E-state index is -3.12. The molecule has 0 amide bonds. The van der Waals surface area contributed by atoms with Crippen LogP contribution in [-0.2, 0) is 10.0 Å². The first kappa shape index (κ1) is 18.8. The first-order chi connectivity index (χ1) is 12.5. The lowest BCUT2D eigenvalue weighted by atomic mass is 9.95. The van der Waals surface area contributed by atoms with Gasteiger partial charge in [-0.15, -0.1) is 0 Å². The van der Waals surface area contributed by atoms with Gasteiger partial charge in [-0.1, -0.05) is 0 Å². The molecule has 0 radical (unpaired) electrons. The largest absolute Gasteiger partial charge is 0.492 e. The maximum Gasteiger partial charge on any atom is 0.216 e. The Morgan fingerprint density at radius 2 is 2.04 bits per heavy atom. The Bertz CT molecular complexity index is 780. The van der Waals surface area contributed by atoms with Crippen LogP contribution in [0.4, 0.5) is 0 Å². The minimum absolute atomic E-state index is 0.348. The number of nitrogens with zero attached hydrogens (tertiary/aromatic N) is 3. The lowest BCUT2D eigenvalue weighted by molar-refractivity contribution is 0.218. The molecule has 3 rings (SSSR count). The highest BCUT2D eigenvalue weighted by Gasteiger charge is 2.29. The second kappa shape index (κ2) is 8.18. The van der Waals surface area contributed by atoms with Gasteiger partial charge in [-0.3, -0.25) is 10.1 Å². The van der Waals surface area contributed by atoms with Gasteiger partial charge in [-0.25, -0.2) is 12.7 Å². The summed E-state index contributed by atoms with van der Waals surface area (Å²) in [4.78, 5) is 4.37. The van der Waals surface area contributed by atoms with E-state index < -0.39 is 10.0 Å². The molecular weight excluding hydrogens is 352 g/mol. The molecule has 8 heteroatoms. The summed E-state index contributed by atoms with van der Waals surface area (Å²) in [5, 5.41) is 6.45. The van der Waals surface area contributed by atoms with Crippen LogP contribution in [-0.4, -0.2) is 52.9 Å². The normalized spacial score (nSPS) is 16.9. The summed E-state index contributed by atoms with van der Waals surface area (Å²) in [6, 6.07) is 5.67. The van der Waals surface area contributed by atoms with E-state index in [1.807, 2.05) is 18.2 Å². The number of aromatic nitrogens is 3. The second-order valence-corrected chi connectivity index (χ2v) is 9.41. The average Bonchev–Trinajstić information content (AvgIpc) is 3.17. The van der Waals surface area contributed by atoms with Crippen LogP contribution in [0.3, 0.4) is 0 Å². The van der Waals surface area contributed by atoms with Gasteiger partial charge in [0.2, 0.25) is 10.0 Å². The third-order valence-corrected chi connectivity index (χ3v) is 7.11. The summed E-state index contributed by atoms with van der Waals surface area (Å²) in [5.74, 6) is 1.25. The van der Waals surface area contributed by atoms with Crippen molar-refractivity contribution >= 4 is 10.0 Å². The summed E-state index contributed by atoms with van der Waals surface area (Å²) in [5.41, 5.74) is 1.70. The number of nitrogens with one attached hydrogen (secondary N) is 1. The molecule has 0 spiro atoms. The SMILES string of the molecule is CC(C)S(=O)(=O)N1CCC(CCOc2ccc(-c3ccn[nH]3)nc2)CC1. The Morgan fingerprint density at radius 3 is 2.62 bits per heavy atom. The second-order valence-electron chi connectivity index (χ2n) is 6.92. The number of hydrogen-bond acceptors (Lipinski definition) is 5. The number of pyridine rings is 1. The quantitative estimate of drug-likeness (QED) is 0.800. The molecule has 0 unspecified atom stereocenters. The lowest BCUT2D eigenvalue weighted by Gasteiger charge is -2.32. The number of sulfonamides is 1. The van der Waals surface area contributed by atoms with Gasteiger partial charge in [0.1, 0.15) is 5.75 Å². The summed E-state index contributed by atoms with van der Waals surface area (Å²) >= 11 is 0. The molecular formula is C18H26N4O3S. The molecule has 2 aromatic heterocycles. The lowest BCUT2D eigenvalue weighted by Crippen LogP contribution is -2.42. The highest BCUT2D eigenvalue weighted by Crippen LogP contribution is 2.24. The van der Waals surface area contributed by atoms with E-state index in [4.69, 9.17) is 4.74 Å². The van der Waals surface area contributed by atoms with Gasteiger partial charge in [0.25, 0.3) is 0 Å². The van der Waals surface area contributed by atoms with Gasteiger partial charge in [-0.05, 0) is 57.2 Å². The molecule has 1 N–H and O–H groups in total. The van der Waals surface area contributed by atoms with Gasteiger partial charge in [0.05, 0.1) is 29.4 Å². The standard InChI is InChI=1S/C18H26N4O3S/c1-14(2)26(23,24)22-10-6-15(7-11-22)8-12-25-16-3-4-17(19-13-16)18-5-9-20-21-18/h3-5,9,13-15H,6-8,10-12H2,1-2H3,(H,20,21). The number of aromatic amines is 1. The van der Waals surface area contributed by atoms with E-state index >= 15 is 0 Å². The topological polar surface area (TPSA) is 88.2 Å². The van der Waals surface area contributed by atoms with Gasteiger partial charge in [0.15, 0.2) is 0 Å². The van der Waals surface area contributed by atoms with E-state index in [9.17, 15) is 8.42 Å². The van der Waals surface area contributed by atoms with Crippen LogP contribution in [0.15, 0.2) is 30.6 Å². The highest BCUT2D eigenvalue weighted by molar-refractivity contribution is 7.89. The van der Waals surface area contributed by atoms with E-state index in [2.05, 4.69) is 15.2 Å². The maximum atomic E-state index is 12.2. The third kappa shape index (κ3) is 4.42. The number of hydrogen-bond donors (Lipinski definition) is 1. The van der Waals surface area contributed by atoms with Gasteiger partial charge in [-0.2, -0.15) is 5.10 Å². The Balaban J connectivity index is 1.42. The fourth-order valence-electron chi connectivity index (χ4n) is 3.12. The van der Waals surface area contributed by atoms with Crippen LogP contribution in [0.5, 0.6) is 5.75 Å². The van der Waals surface area contributed by atoms with E-state index in [-0.39, 0.29) is 5.25 Å². The monoisotopic (exact) mass is 378 g/mol. The predicted molar refractivity (Wildman–Crippen MR) is 100 cm³/mol. The van der Waals surface area contributed by atoms with Crippen molar-refractivity contribution < 1.29 is 13.2 Å². The molecule has 3 heterocycles. The van der Waals surface area contributed by atoms with Crippen LogP contribution in [0.1, 0.15) is 33.1 Å². The Morgan fingerprint density at radius 1 is 1.27 bits per heavy atom. The molecule has 2 aromatic rings. The van der Waals surface area contributed by atoms with E-state index in [1.54, 1.807) is 30.5 Å². The molecule has 1 aliphatic heterocycles. The summed E-state index contributed by atoms with van der Waals surface area (Å²) in [7, 11) is -3.12. The molecule has 0 aliphatic carbocycles. The van der Waals surface area contributed by atoms with Crippen molar-refractivity contribution in [3.05, 3.63) is 30.6 Å². The fourth-order valence-corrected chi connectivity index (χ4v) is 4.43. The first-order valence-electron chi connectivity index (χ1n) is 9.04. The van der Waals surface area contributed by atoms with Crippen LogP contribution in [0.2, 0.25) is 0 Å². The summed E-state index contributed by atoms with van der Waals surface area (Å²) in [6.07, 6.45) is 6.13.